The van der Waals surface area contributed by atoms with E-state index in [1.54, 1.807) is 0 Å². The molecule has 5 nitrogen and oxygen atoms in total. The number of benzene rings is 1. The van der Waals surface area contributed by atoms with Gasteiger partial charge >= 0.3 is 11.9 Å². The monoisotopic (exact) mass is 252 g/mol. The van der Waals surface area contributed by atoms with E-state index in [1.807, 2.05) is 0 Å². The molecule has 0 amide bonds. The van der Waals surface area contributed by atoms with Gasteiger partial charge in [0, 0.05) is 34.6 Å². The number of hydrogen-bond donors (Lipinski definition) is 3. The second-order valence-electron chi connectivity index (χ2n) is 2.74. The first kappa shape index (κ1) is 15.2. The van der Waals surface area contributed by atoms with Gasteiger partial charge < -0.3 is 15.5 Å². The molecule has 1 aromatic carbocycles. The second-order valence-corrected chi connectivity index (χ2v) is 3.18. The van der Waals surface area contributed by atoms with Gasteiger partial charge in [-0.05, 0) is 18.2 Å². The summed E-state index contributed by atoms with van der Waals surface area (Å²) in [4.78, 5) is 21.0. The average molecular weight is 253 g/mol. The molecule has 3 N–H and O–H groups in total. The quantitative estimate of drug-likeness (QED) is 0.700. The van der Waals surface area contributed by atoms with Gasteiger partial charge in [0.1, 0.15) is 6.54 Å². The van der Waals surface area contributed by atoms with Crippen LogP contribution in [-0.4, -0.2) is 58.3 Å². The van der Waals surface area contributed by atoms with Gasteiger partial charge in [0.25, 0.3) is 0 Å². The van der Waals surface area contributed by atoms with Crippen molar-refractivity contribution < 1.29 is 19.8 Å². The number of carbonyl (C=O) groups is 2. The summed E-state index contributed by atoms with van der Waals surface area (Å²) in [6.45, 7) is -0.360. The van der Waals surface area contributed by atoms with E-state index in [1.165, 1.54) is 18.2 Å². The number of halogens is 1. The van der Waals surface area contributed by atoms with Crippen LogP contribution in [0.5, 0.6) is 0 Å². The Morgan fingerprint density at radius 2 is 1.94 bits per heavy atom. The molecule has 0 aromatic heterocycles. The summed E-state index contributed by atoms with van der Waals surface area (Å²) in [6, 6.07) is 4.11. The molecular weight excluding hydrogens is 245 g/mol. The van der Waals surface area contributed by atoms with Gasteiger partial charge in [-0.1, -0.05) is 11.6 Å². The Balaban J connectivity index is 0.00000225. The Labute approximate surface area is 119 Å². The van der Waals surface area contributed by atoms with Gasteiger partial charge in [0.2, 0.25) is 0 Å². The maximum atomic E-state index is 10.7. The third kappa shape index (κ3) is 4.40. The Kier molecular flexibility index (Phi) is 6.43. The first-order valence-electron chi connectivity index (χ1n) is 3.99. The predicted molar refractivity (Wildman–Crippen MR) is 60.3 cm³/mol. The van der Waals surface area contributed by atoms with E-state index in [-0.39, 0.29) is 47.4 Å². The van der Waals surface area contributed by atoms with Crippen molar-refractivity contribution in [2.24, 2.45) is 0 Å². The molecule has 0 atom stereocenters. The standard InChI is InChI=1S/C9H8ClNO4.Na/c10-5-1-2-6(9(14)15)7(3-5)11-4-8(12)13;/h1-3,11H,4H2,(H,12,13)(H,14,15);. The van der Waals surface area contributed by atoms with Crippen LogP contribution in [0.15, 0.2) is 18.2 Å². The van der Waals surface area contributed by atoms with Crippen molar-refractivity contribution in [1.29, 1.82) is 0 Å². The maximum absolute atomic E-state index is 10.7. The molecule has 0 aliphatic carbocycles. The van der Waals surface area contributed by atoms with Crippen molar-refractivity contribution in [2.45, 2.75) is 0 Å². The molecule has 0 saturated carbocycles. The number of anilines is 1. The minimum atomic E-state index is -1.14. The molecule has 16 heavy (non-hydrogen) atoms. The topological polar surface area (TPSA) is 86.6 Å². The normalized spacial score (nSPS) is 9.06. The van der Waals surface area contributed by atoms with E-state index in [4.69, 9.17) is 21.8 Å². The zero-order valence-electron chi connectivity index (χ0n) is 8.53. The Morgan fingerprint density at radius 3 is 2.44 bits per heavy atom. The summed E-state index contributed by atoms with van der Waals surface area (Å²) < 4.78 is 0. The zero-order chi connectivity index (χ0) is 11.4. The largest absolute Gasteiger partial charge is 0.480 e. The molecule has 0 spiro atoms. The van der Waals surface area contributed by atoms with Crippen LogP contribution >= 0.6 is 11.6 Å². The fourth-order valence-electron chi connectivity index (χ4n) is 1.02. The summed E-state index contributed by atoms with van der Waals surface area (Å²) in [5, 5.41) is 20.0. The summed E-state index contributed by atoms with van der Waals surface area (Å²) in [7, 11) is 0. The van der Waals surface area contributed by atoms with Crippen molar-refractivity contribution in [3.05, 3.63) is 28.8 Å². The summed E-state index contributed by atoms with van der Waals surface area (Å²) in [5.74, 6) is -2.22. The number of carboxylic acid groups (broad SMARTS) is 2. The molecule has 1 radical (unpaired) electrons. The van der Waals surface area contributed by atoms with Crippen LogP contribution in [0.4, 0.5) is 5.69 Å². The Hall–Kier alpha value is -0.750. The fourth-order valence-corrected chi connectivity index (χ4v) is 1.19. The number of hydrogen-bond acceptors (Lipinski definition) is 3. The van der Waals surface area contributed by atoms with E-state index in [0.29, 0.717) is 5.02 Å². The van der Waals surface area contributed by atoms with E-state index in [0.717, 1.165) is 0 Å². The maximum Gasteiger partial charge on any atom is 0.337 e. The van der Waals surface area contributed by atoms with Crippen LogP contribution in [0.1, 0.15) is 10.4 Å². The molecular formula is C9H8ClNNaO4. The van der Waals surface area contributed by atoms with E-state index >= 15 is 0 Å². The van der Waals surface area contributed by atoms with Crippen molar-refractivity contribution in [3.8, 4) is 0 Å². The first-order valence-corrected chi connectivity index (χ1v) is 4.37. The van der Waals surface area contributed by atoms with E-state index in [2.05, 4.69) is 5.32 Å². The third-order valence-corrected chi connectivity index (χ3v) is 1.88. The molecule has 0 saturated heterocycles. The van der Waals surface area contributed by atoms with Crippen LogP contribution in [0, 0.1) is 0 Å². The smallest absolute Gasteiger partial charge is 0.337 e. The van der Waals surface area contributed by atoms with Gasteiger partial charge in [0.05, 0.1) is 11.3 Å². The van der Waals surface area contributed by atoms with Crippen molar-refractivity contribution >= 4 is 58.8 Å². The van der Waals surface area contributed by atoms with Gasteiger partial charge in [0.15, 0.2) is 0 Å². The van der Waals surface area contributed by atoms with Crippen LogP contribution in [-0.2, 0) is 4.79 Å². The van der Waals surface area contributed by atoms with Crippen LogP contribution < -0.4 is 5.32 Å². The number of aromatic carboxylic acids is 1. The van der Waals surface area contributed by atoms with Crippen molar-refractivity contribution in [1.82, 2.24) is 0 Å². The third-order valence-electron chi connectivity index (χ3n) is 1.64. The van der Waals surface area contributed by atoms with Crippen LogP contribution in [0.2, 0.25) is 5.02 Å². The molecule has 0 aliphatic rings. The van der Waals surface area contributed by atoms with Gasteiger partial charge in [-0.15, -0.1) is 0 Å². The number of rotatable bonds is 4. The van der Waals surface area contributed by atoms with Crippen LogP contribution in [0.3, 0.4) is 0 Å². The minimum absolute atomic E-state index is 0. The molecule has 0 bridgehead atoms. The average Bonchev–Trinajstić information content (AvgIpc) is 2.14. The van der Waals surface area contributed by atoms with Crippen molar-refractivity contribution in [3.63, 3.8) is 0 Å². The second kappa shape index (κ2) is 6.75. The first-order chi connectivity index (χ1) is 7.00. The summed E-state index contributed by atoms with van der Waals surface area (Å²) in [6.07, 6.45) is 0. The molecule has 0 heterocycles. The Morgan fingerprint density at radius 1 is 1.31 bits per heavy atom. The van der Waals surface area contributed by atoms with Gasteiger partial charge in [-0.3, -0.25) is 4.79 Å². The summed E-state index contributed by atoms with van der Waals surface area (Å²) in [5.41, 5.74) is 0.179. The SMILES string of the molecule is O=C(O)CNc1cc(Cl)ccc1C(=O)O.[Na]. The molecule has 1 rings (SSSR count). The van der Waals surface area contributed by atoms with E-state index < -0.39 is 11.9 Å². The minimum Gasteiger partial charge on any atom is -0.480 e. The predicted octanol–water partition coefficient (Wildman–Crippen LogP) is 1.15. The fraction of sp³-hybridized carbons (Fsp3) is 0.111. The molecule has 1 aromatic rings. The number of nitrogens with one attached hydrogen (secondary N) is 1. The summed E-state index contributed by atoms with van der Waals surface area (Å²) >= 11 is 5.66. The van der Waals surface area contributed by atoms with E-state index in [9.17, 15) is 9.59 Å². The Bertz CT molecular complexity index is 410. The molecule has 0 aliphatic heterocycles. The number of carboxylic acids is 2. The van der Waals surface area contributed by atoms with Gasteiger partial charge in [-0.2, -0.15) is 0 Å². The van der Waals surface area contributed by atoms with Crippen molar-refractivity contribution in [2.75, 3.05) is 11.9 Å². The van der Waals surface area contributed by atoms with Crippen LogP contribution in [0.25, 0.3) is 0 Å². The number of aliphatic carboxylic acids is 1. The molecule has 0 fully saturated rings. The molecule has 81 valence electrons. The zero-order valence-corrected chi connectivity index (χ0v) is 11.3. The molecule has 0 unspecified atom stereocenters. The van der Waals surface area contributed by atoms with Gasteiger partial charge in [-0.25, -0.2) is 4.79 Å². The molecule has 7 heteroatoms.